The van der Waals surface area contributed by atoms with Crippen LogP contribution in [0.3, 0.4) is 0 Å². The van der Waals surface area contributed by atoms with E-state index in [9.17, 15) is 19.7 Å². The van der Waals surface area contributed by atoms with Gasteiger partial charge in [0.1, 0.15) is 11.6 Å². The maximum Gasteiger partial charge on any atom is 0.269 e. The predicted molar refractivity (Wildman–Crippen MR) is 110 cm³/mol. The highest BCUT2D eigenvalue weighted by Crippen LogP contribution is 2.45. The van der Waals surface area contributed by atoms with E-state index in [-0.39, 0.29) is 22.3 Å². The topological polar surface area (TPSA) is 118 Å². The summed E-state index contributed by atoms with van der Waals surface area (Å²) in [6, 6.07) is 6.14. The summed E-state index contributed by atoms with van der Waals surface area (Å²) >= 11 is 1.44. The fraction of sp³-hybridized carbons (Fsp3) is 0.350. The van der Waals surface area contributed by atoms with E-state index in [0.717, 1.165) is 0 Å². The first-order chi connectivity index (χ1) is 13.8. The predicted octanol–water partition coefficient (Wildman–Crippen LogP) is 3.60. The van der Waals surface area contributed by atoms with Crippen LogP contribution in [0, 0.1) is 16.0 Å². The molecule has 0 fully saturated rings. The molecule has 9 heteroatoms. The molecule has 2 N–H and O–H groups in total. The minimum atomic E-state index is -0.625. The van der Waals surface area contributed by atoms with Gasteiger partial charge in [0.15, 0.2) is 5.16 Å². The van der Waals surface area contributed by atoms with Crippen LogP contribution in [-0.4, -0.2) is 25.9 Å². The van der Waals surface area contributed by atoms with Crippen molar-refractivity contribution in [3.8, 4) is 0 Å². The molecule has 1 aliphatic carbocycles. The van der Waals surface area contributed by atoms with E-state index >= 15 is 0 Å². The van der Waals surface area contributed by atoms with E-state index in [4.69, 9.17) is 0 Å². The summed E-state index contributed by atoms with van der Waals surface area (Å²) in [5.41, 5.74) is 1.21. The largest absolute Gasteiger partial charge is 0.343 e. The molecule has 0 bridgehead atoms. The molecule has 0 spiro atoms. The number of rotatable bonds is 4. The van der Waals surface area contributed by atoms with Gasteiger partial charge in [-0.25, -0.2) is 4.98 Å². The average molecular weight is 412 g/mol. The Bertz CT molecular complexity index is 1090. The molecule has 2 aliphatic rings. The Hall–Kier alpha value is -2.94. The van der Waals surface area contributed by atoms with Crippen LogP contribution < -0.4 is 10.9 Å². The van der Waals surface area contributed by atoms with E-state index in [1.54, 1.807) is 12.1 Å². The minimum Gasteiger partial charge on any atom is -0.343 e. The number of Topliss-reactive ketones (excluding diaryl/α,β-unsaturated/α-hetero) is 1. The third-order valence-corrected chi connectivity index (χ3v) is 5.95. The first kappa shape index (κ1) is 19.4. The highest BCUT2D eigenvalue weighted by molar-refractivity contribution is 7.99. The van der Waals surface area contributed by atoms with Gasteiger partial charge in [-0.2, -0.15) is 0 Å². The van der Waals surface area contributed by atoms with Gasteiger partial charge in [-0.1, -0.05) is 43.8 Å². The van der Waals surface area contributed by atoms with Crippen molar-refractivity contribution in [1.82, 2.24) is 9.97 Å². The summed E-state index contributed by atoms with van der Waals surface area (Å²) in [6.07, 6.45) is 2.95. The maximum atomic E-state index is 13.0. The lowest BCUT2D eigenvalue weighted by Gasteiger charge is -2.36. The molecule has 4 rings (SSSR count). The number of carbonyl (C=O) groups is 1. The molecule has 2 heterocycles. The van der Waals surface area contributed by atoms with Gasteiger partial charge in [0.25, 0.3) is 11.2 Å². The van der Waals surface area contributed by atoms with Crippen LogP contribution >= 0.6 is 11.8 Å². The number of non-ortho nitro benzene ring substituents is 1. The van der Waals surface area contributed by atoms with Crippen molar-refractivity contribution >= 4 is 29.1 Å². The van der Waals surface area contributed by atoms with E-state index in [0.29, 0.717) is 40.6 Å². The van der Waals surface area contributed by atoms with Crippen LogP contribution in [0.4, 0.5) is 11.5 Å². The molecule has 2 atom stereocenters. The lowest BCUT2D eigenvalue weighted by molar-refractivity contribution is -0.384. The molecule has 29 heavy (non-hydrogen) atoms. The number of nitrogens with one attached hydrogen (secondary N) is 2. The number of hydrogen-bond donors (Lipinski definition) is 2. The lowest BCUT2D eigenvalue weighted by atomic mass is 9.72. The van der Waals surface area contributed by atoms with Gasteiger partial charge < -0.3 is 10.3 Å². The van der Waals surface area contributed by atoms with Gasteiger partial charge >= 0.3 is 0 Å². The molecule has 0 radical (unpaired) electrons. The number of hydrogen-bond acceptors (Lipinski definition) is 7. The van der Waals surface area contributed by atoms with Crippen LogP contribution in [0.5, 0.6) is 0 Å². The quantitative estimate of drug-likeness (QED) is 0.341. The number of nitrogens with zero attached hydrogens (tertiary/aromatic N) is 2. The Morgan fingerprint density at radius 3 is 2.79 bits per heavy atom. The molecule has 1 aromatic heterocycles. The average Bonchev–Trinajstić information content (AvgIpc) is 2.66. The van der Waals surface area contributed by atoms with Crippen molar-refractivity contribution in [2.75, 3.05) is 5.32 Å². The lowest BCUT2D eigenvalue weighted by Crippen LogP contribution is -2.38. The normalized spacial score (nSPS) is 20.5. The second-order valence-electron chi connectivity index (χ2n) is 7.40. The van der Waals surface area contributed by atoms with E-state index in [1.165, 1.54) is 23.9 Å². The molecule has 0 amide bonds. The molecule has 2 aromatic rings. The number of aromatic nitrogens is 2. The number of anilines is 1. The molecular weight excluding hydrogens is 392 g/mol. The summed E-state index contributed by atoms with van der Waals surface area (Å²) in [4.78, 5) is 44.0. The molecular formula is C20H20N4O4S. The second kappa shape index (κ2) is 7.47. The fourth-order valence-electron chi connectivity index (χ4n) is 3.94. The minimum absolute atomic E-state index is 0.0113. The highest BCUT2D eigenvalue weighted by Gasteiger charge is 2.42. The summed E-state index contributed by atoms with van der Waals surface area (Å²) in [5, 5.41) is 15.2. The summed E-state index contributed by atoms with van der Waals surface area (Å²) < 4.78 is 0. The van der Waals surface area contributed by atoms with Crippen LogP contribution in [0.1, 0.15) is 43.7 Å². The molecule has 0 unspecified atom stereocenters. The third kappa shape index (κ3) is 3.57. The van der Waals surface area contributed by atoms with Gasteiger partial charge in [0.2, 0.25) is 0 Å². The van der Waals surface area contributed by atoms with Crippen molar-refractivity contribution in [1.29, 1.82) is 0 Å². The zero-order chi connectivity index (χ0) is 20.7. The SMILES string of the molecule is CC(C)Sc1nc2c(c(=O)[nH]1)[C@@H](c1cccc([N+](=O)[O-])c1)[C@@H]1C(=O)CCC=C1N2. The number of nitro groups is 1. The molecule has 150 valence electrons. The second-order valence-corrected chi connectivity index (χ2v) is 8.96. The molecule has 1 aromatic carbocycles. The zero-order valence-electron chi connectivity index (χ0n) is 16.0. The number of benzene rings is 1. The number of H-pyrrole nitrogens is 1. The summed E-state index contributed by atoms with van der Waals surface area (Å²) in [7, 11) is 0. The van der Waals surface area contributed by atoms with Crippen molar-refractivity contribution in [3.05, 3.63) is 67.6 Å². The molecule has 0 saturated heterocycles. The number of nitro benzene ring substituents is 1. The van der Waals surface area contributed by atoms with Crippen LogP contribution in [0.15, 0.2) is 46.0 Å². The van der Waals surface area contributed by atoms with Crippen LogP contribution in [0.2, 0.25) is 0 Å². The van der Waals surface area contributed by atoms with Gasteiger partial charge in [-0.05, 0) is 12.0 Å². The number of ketones is 1. The number of allylic oxidation sites excluding steroid dienone is 2. The molecule has 8 nitrogen and oxygen atoms in total. The standard InChI is InChI=1S/C20H20N4O4S/c1-10(2)29-20-22-18-17(19(26)23-20)15(11-5-3-6-12(9-11)24(27)28)16-13(21-18)7-4-8-14(16)25/h3,5-7,9-10,15-16H,4,8H2,1-2H3,(H2,21,22,23,26)/t15-,16-/m0/s1. The van der Waals surface area contributed by atoms with Gasteiger partial charge in [0.05, 0.1) is 16.4 Å². The number of aromatic amines is 1. The Labute approximate surface area is 171 Å². The Morgan fingerprint density at radius 2 is 2.07 bits per heavy atom. The number of carbonyl (C=O) groups excluding carboxylic acids is 1. The van der Waals surface area contributed by atoms with E-state index in [1.807, 2.05) is 19.9 Å². The first-order valence-corrected chi connectivity index (χ1v) is 10.3. The fourth-order valence-corrected chi connectivity index (χ4v) is 4.68. The van der Waals surface area contributed by atoms with Gasteiger partial charge in [-0.3, -0.25) is 19.7 Å². The number of fused-ring (bicyclic) bond motifs is 2. The van der Waals surface area contributed by atoms with E-state index in [2.05, 4.69) is 15.3 Å². The monoisotopic (exact) mass is 412 g/mol. The van der Waals surface area contributed by atoms with Gasteiger partial charge in [0, 0.05) is 35.4 Å². The number of thioether (sulfide) groups is 1. The molecule has 0 saturated carbocycles. The van der Waals surface area contributed by atoms with Crippen molar-refractivity contribution in [3.63, 3.8) is 0 Å². The van der Waals surface area contributed by atoms with E-state index < -0.39 is 16.8 Å². The first-order valence-electron chi connectivity index (χ1n) is 9.40. The van der Waals surface area contributed by atoms with Crippen LogP contribution in [0.25, 0.3) is 0 Å². The van der Waals surface area contributed by atoms with Crippen molar-refractivity contribution < 1.29 is 9.72 Å². The Morgan fingerprint density at radius 1 is 1.28 bits per heavy atom. The Balaban J connectivity index is 1.93. The summed E-state index contributed by atoms with van der Waals surface area (Å²) in [6.45, 7) is 4.00. The smallest absolute Gasteiger partial charge is 0.269 e. The molecule has 1 aliphatic heterocycles. The maximum absolute atomic E-state index is 13.0. The van der Waals surface area contributed by atoms with Crippen molar-refractivity contribution in [2.24, 2.45) is 5.92 Å². The van der Waals surface area contributed by atoms with Crippen molar-refractivity contribution in [2.45, 2.75) is 43.0 Å². The zero-order valence-corrected chi connectivity index (χ0v) is 16.8. The Kier molecular flexibility index (Phi) is 4.99. The third-order valence-electron chi connectivity index (χ3n) is 5.07. The van der Waals surface area contributed by atoms with Gasteiger partial charge in [-0.15, -0.1) is 0 Å². The summed E-state index contributed by atoms with van der Waals surface area (Å²) in [5.74, 6) is -0.785. The highest BCUT2D eigenvalue weighted by atomic mass is 32.2. The van der Waals surface area contributed by atoms with Crippen LogP contribution in [-0.2, 0) is 4.79 Å².